The highest BCUT2D eigenvalue weighted by Crippen LogP contribution is 2.17. The van der Waals surface area contributed by atoms with Gasteiger partial charge in [-0.15, -0.1) is 10.2 Å². The van der Waals surface area contributed by atoms with Gasteiger partial charge in [-0.1, -0.05) is 25.4 Å². The quantitative estimate of drug-likeness (QED) is 0.811. The number of aromatic nitrogens is 4. The molecular formula is C17H23ClN6O. The summed E-state index contributed by atoms with van der Waals surface area (Å²) in [5, 5.41) is 13.0. The van der Waals surface area contributed by atoms with Gasteiger partial charge in [0.1, 0.15) is 6.54 Å². The zero-order valence-electron chi connectivity index (χ0n) is 14.6. The number of halogens is 1. The van der Waals surface area contributed by atoms with Crippen LogP contribution >= 0.6 is 11.6 Å². The lowest BCUT2D eigenvalue weighted by Crippen LogP contribution is -2.50. The van der Waals surface area contributed by atoms with E-state index in [1.165, 1.54) is 4.80 Å². The Morgan fingerprint density at radius 3 is 2.48 bits per heavy atom. The highest BCUT2D eigenvalue weighted by molar-refractivity contribution is 6.30. The number of piperazine rings is 1. The lowest BCUT2D eigenvalue weighted by molar-refractivity contribution is -0.134. The van der Waals surface area contributed by atoms with Crippen molar-refractivity contribution in [1.29, 1.82) is 0 Å². The molecule has 1 amide bonds. The van der Waals surface area contributed by atoms with Gasteiger partial charge in [-0.05, 0) is 35.4 Å². The molecule has 134 valence electrons. The summed E-state index contributed by atoms with van der Waals surface area (Å²) in [4.78, 5) is 18.1. The lowest BCUT2D eigenvalue weighted by atomic mass is 10.2. The summed E-state index contributed by atoms with van der Waals surface area (Å²) in [5.74, 6) is 1.17. The first-order valence-electron chi connectivity index (χ1n) is 8.55. The van der Waals surface area contributed by atoms with Gasteiger partial charge in [0.05, 0.1) is 0 Å². The molecule has 2 aromatic rings. The van der Waals surface area contributed by atoms with Crippen molar-refractivity contribution in [2.75, 3.05) is 32.7 Å². The Hall–Kier alpha value is -1.99. The molecule has 1 aromatic carbocycles. The van der Waals surface area contributed by atoms with Crippen LogP contribution < -0.4 is 0 Å². The van der Waals surface area contributed by atoms with Crippen LogP contribution in [0.1, 0.15) is 13.8 Å². The van der Waals surface area contributed by atoms with Crippen LogP contribution in [0.3, 0.4) is 0 Å². The SMILES string of the molecule is CC(C)CN1CCN(C(=O)Cn2nnc(-c3ccc(Cl)cc3)n2)CC1. The molecule has 1 aromatic heterocycles. The normalized spacial score (nSPS) is 15.8. The number of amides is 1. The van der Waals surface area contributed by atoms with Gasteiger partial charge in [-0.2, -0.15) is 4.80 Å². The molecule has 0 radical (unpaired) electrons. The highest BCUT2D eigenvalue weighted by Gasteiger charge is 2.22. The van der Waals surface area contributed by atoms with Gasteiger partial charge in [0.15, 0.2) is 0 Å². The van der Waals surface area contributed by atoms with Crippen LogP contribution in [0.15, 0.2) is 24.3 Å². The molecule has 0 bridgehead atoms. The first kappa shape index (κ1) is 17.8. The lowest BCUT2D eigenvalue weighted by Gasteiger charge is -2.35. The van der Waals surface area contributed by atoms with E-state index in [-0.39, 0.29) is 12.5 Å². The molecule has 2 heterocycles. The van der Waals surface area contributed by atoms with Crippen LogP contribution in [-0.2, 0) is 11.3 Å². The van der Waals surface area contributed by atoms with E-state index >= 15 is 0 Å². The van der Waals surface area contributed by atoms with Crippen LogP contribution in [0, 0.1) is 5.92 Å². The van der Waals surface area contributed by atoms with Crippen LogP contribution in [-0.4, -0.2) is 68.6 Å². The molecule has 0 saturated carbocycles. The van der Waals surface area contributed by atoms with Crippen molar-refractivity contribution in [1.82, 2.24) is 30.0 Å². The molecule has 0 N–H and O–H groups in total. The van der Waals surface area contributed by atoms with Crippen molar-refractivity contribution in [2.24, 2.45) is 5.92 Å². The van der Waals surface area contributed by atoms with Gasteiger partial charge >= 0.3 is 0 Å². The summed E-state index contributed by atoms with van der Waals surface area (Å²) in [7, 11) is 0. The number of hydrogen-bond acceptors (Lipinski definition) is 5. The summed E-state index contributed by atoms with van der Waals surface area (Å²) >= 11 is 5.88. The molecule has 25 heavy (non-hydrogen) atoms. The minimum atomic E-state index is 0.0317. The highest BCUT2D eigenvalue weighted by atomic mass is 35.5. The predicted octanol–water partition coefficient (Wildman–Crippen LogP) is 1.79. The van der Waals surface area contributed by atoms with Crippen molar-refractivity contribution in [2.45, 2.75) is 20.4 Å². The predicted molar refractivity (Wildman–Crippen MR) is 96.1 cm³/mol. The van der Waals surface area contributed by atoms with Gasteiger partial charge < -0.3 is 4.90 Å². The molecule has 3 rings (SSSR count). The van der Waals surface area contributed by atoms with Crippen LogP contribution in [0.2, 0.25) is 5.02 Å². The number of carbonyl (C=O) groups is 1. The molecule has 1 fully saturated rings. The van der Waals surface area contributed by atoms with E-state index in [4.69, 9.17) is 11.6 Å². The Balaban J connectivity index is 1.54. The third-order valence-electron chi connectivity index (χ3n) is 4.18. The summed E-state index contributed by atoms with van der Waals surface area (Å²) in [6.45, 7) is 8.98. The van der Waals surface area contributed by atoms with E-state index < -0.39 is 0 Å². The molecule has 0 aliphatic carbocycles. The largest absolute Gasteiger partial charge is 0.338 e. The van der Waals surface area contributed by atoms with Crippen molar-refractivity contribution in [3.05, 3.63) is 29.3 Å². The molecular weight excluding hydrogens is 340 g/mol. The fourth-order valence-corrected chi connectivity index (χ4v) is 3.07. The number of carbonyl (C=O) groups excluding carboxylic acids is 1. The van der Waals surface area contributed by atoms with E-state index in [0.717, 1.165) is 38.3 Å². The number of rotatable bonds is 5. The standard InChI is InChI=1S/C17H23ClN6O/c1-13(2)11-22-7-9-23(10-8-22)16(25)12-24-20-17(19-21-24)14-3-5-15(18)6-4-14/h3-6,13H,7-12H2,1-2H3. The first-order valence-corrected chi connectivity index (χ1v) is 8.93. The minimum Gasteiger partial charge on any atom is -0.338 e. The average Bonchev–Trinajstić information content (AvgIpc) is 3.04. The molecule has 0 unspecified atom stereocenters. The van der Waals surface area contributed by atoms with Crippen molar-refractivity contribution in [3.63, 3.8) is 0 Å². The second-order valence-corrected chi connectivity index (χ2v) is 7.16. The van der Waals surface area contributed by atoms with Crippen molar-refractivity contribution < 1.29 is 4.79 Å². The van der Waals surface area contributed by atoms with Gasteiger partial charge in [-0.25, -0.2) is 0 Å². The fraction of sp³-hybridized carbons (Fsp3) is 0.529. The second kappa shape index (κ2) is 7.93. The summed E-state index contributed by atoms with van der Waals surface area (Å²) in [6.07, 6.45) is 0. The maximum Gasteiger partial charge on any atom is 0.246 e. The molecule has 0 atom stereocenters. The maximum absolute atomic E-state index is 12.4. The van der Waals surface area contributed by atoms with Gasteiger partial charge in [0.25, 0.3) is 0 Å². The number of tetrazole rings is 1. The van der Waals surface area contributed by atoms with Gasteiger partial charge in [-0.3, -0.25) is 9.69 Å². The van der Waals surface area contributed by atoms with Crippen molar-refractivity contribution in [3.8, 4) is 11.4 Å². The monoisotopic (exact) mass is 362 g/mol. The topological polar surface area (TPSA) is 67.2 Å². The number of hydrogen-bond donors (Lipinski definition) is 0. The van der Waals surface area contributed by atoms with E-state index in [2.05, 4.69) is 34.2 Å². The summed E-state index contributed by atoms with van der Waals surface area (Å²) in [5.41, 5.74) is 0.824. The molecule has 1 saturated heterocycles. The van der Waals surface area contributed by atoms with Crippen LogP contribution in [0.25, 0.3) is 11.4 Å². The Morgan fingerprint density at radius 1 is 1.16 bits per heavy atom. The summed E-state index contributed by atoms with van der Waals surface area (Å²) in [6, 6.07) is 7.22. The van der Waals surface area contributed by atoms with Gasteiger partial charge in [0, 0.05) is 43.3 Å². The first-order chi connectivity index (χ1) is 12.0. The molecule has 8 heteroatoms. The Kier molecular flexibility index (Phi) is 5.65. The Labute approximate surface area is 152 Å². The third-order valence-corrected chi connectivity index (χ3v) is 4.43. The fourth-order valence-electron chi connectivity index (χ4n) is 2.94. The second-order valence-electron chi connectivity index (χ2n) is 6.73. The smallest absolute Gasteiger partial charge is 0.246 e. The molecule has 1 aliphatic heterocycles. The molecule has 7 nitrogen and oxygen atoms in total. The summed E-state index contributed by atoms with van der Waals surface area (Å²) < 4.78 is 0. The van der Waals surface area contributed by atoms with Crippen LogP contribution in [0.5, 0.6) is 0 Å². The average molecular weight is 363 g/mol. The van der Waals surface area contributed by atoms with Gasteiger partial charge in [0.2, 0.25) is 11.7 Å². The minimum absolute atomic E-state index is 0.0317. The molecule has 0 spiro atoms. The van der Waals surface area contributed by atoms with E-state index in [1.807, 2.05) is 17.0 Å². The van der Waals surface area contributed by atoms with E-state index in [1.54, 1.807) is 12.1 Å². The Morgan fingerprint density at radius 2 is 1.84 bits per heavy atom. The van der Waals surface area contributed by atoms with Crippen LogP contribution in [0.4, 0.5) is 0 Å². The van der Waals surface area contributed by atoms with E-state index in [0.29, 0.717) is 16.8 Å². The number of nitrogens with zero attached hydrogens (tertiary/aromatic N) is 6. The third kappa shape index (κ3) is 4.76. The zero-order valence-corrected chi connectivity index (χ0v) is 15.4. The zero-order chi connectivity index (χ0) is 17.8. The van der Waals surface area contributed by atoms with Crippen molar-refractivity contribution >= 4 is 17.5 Å². The molecule has 1 aliphatic rings. The number of benzene rings is 1. The Bertz CT molecular complexity index is 706. The van der Waals surface area contributed by atoms with E-state index in [9.17, 15) is 4.79 Å². The maximum atomic E-state index is 12.4.